The van der Waals surface area contributed by atoms with Gasteiger partial charge in [-0.15, -0.1) is 0 Å². The van der Waals surface area contributed by atoms with E-state index in [1.165, 1.54) is 0 Å². The van der Waals surface area contributed by atoms with Crippen LogP contribution in [0.2, 0.25) is 0 Å². The quantitative estimate of drug-likeness (QED) is 0.898. The van der Waals surface area contributed by atoms with Gasteiger partial charge in [-0.25, -0.2) is 0 Å². The summed E-state index contributed by atoms with van der Waals surface area (Å²) in [5.41, 5.74) is 7.45. The van der Waals surface area contributed by atoms with Gasteiger partial charge in [0.1, 0.15) is 0 Å². The lowest BCUT2D eigenvalue weighted by Crippen LogP contribution is -2.35. The maximum absolute atomic E-state index is 12.3. The molecule has 0 aromatic heterocycles. The Morgan fingerprint density at radius 3 is 2.16 bits per heavy atom. The highest BCUT2D eigenvalue weighted by molar-refractivity contribution is 6.05. The van der Waals surface area contributed by atoms with E-state index in [4.69, 9.17) is 5.73 Å². The van der Waals surface area contributed by atoms with Gasteiger partial charge in [0.25, 0.3) is 5.91 Å². The zero-order chi connectivity index (χ0) is 17.8. The van der Waals surface area contributed by atoms with Crippen molar-refractivity contribution in [2.45, 2.75) is 19.3 Å². The molecule has 0 atom stereocenters. The molecule has 6 nitrogen and oxygen atoms in total. The molecule has 128 valence electrons. The number of hydrogen-bond acceptors (Lipinski definition) is 3. The summed E-state index contributed by atoms with van der Waals surface area (Å²) < 4.78 is 0. The summed E-state index contributed by atoms with van der Waals surface area (Å²) in [7, 11) is 0. The second-order valence-corrected chi connectivity index (χ2v) is 5.95. The van der Waals surface area contributed by atoms with Crippen LogP contribution in [0.15, 0.2) is 48.5 Å². The molecule has 25 heavy (non-hydrogen) atoms. The highest BCUT2D eigenvalue weighted by Crippen LogP contribution is 2.21. The van der Waals surface area contributed by atoms with Gasteiger partial charge in [0.05, 0.1) is 0 Å². The zero-order valence-corrected chi connectivity index (χ0v) is 13.7. The van der Waals surface area contributed by atoms with Crippen LogP contribution in [-0.2, 0) is 4.79 Å². The van der Waals surface area contributed by atoms with Crippen LogP contribution in [-0.4, -0.2) is 24.3 Å². The molecule has 1 heterocycles. The second-order valence-electron chi connectivity index (χ2n) is 5.95. The molecule has 1 aliphatic rings. The first-order valence-corrected chi connectivity index (χ1v) is 8.16. The molecule has 0 unspecified atom stereocenters. The summed E-state index contributed by atoms with van der Waals surface area (Å²) >= 11 is 0. The van der Waals surface area contributed by atoms with Crippen molar-refractivity contribution in [1.29, 1.82) is 0 Å². The van der Waals surface area contributed by atoms with E-state index in [-0.39, 0.29) is 11.8 Å². The molecule has 1 aliphatic heterocycles. The smallest absolute Gasteiger partial charge is 0.255 e. The minimum atomic E-state index is -0.513. The van der Waals surface area contributed by atoms with Gasteiger partial charge in [-0.05, 0) is 61.4 Å². The van der Waals surface area contributed by atoms with Crippen LogP contribution in [0, 0.1) is 0 Å². The molecule has 6 heteroatoms. The number of carbonyl (C=O) groups excluding carboxylic acids is 3. The second kappa shape index (κ2) is 7.17. The summed E-state index contributed by atoms with van der Waals surface area (Å²) in [6, 6.07) is 13.3. The third-order valence-corrected chi connectivity index (χ3v) is 4.19. The first-order valence-electron chi connectivity index (χ1n) is 8.16. The number of nitrogens with zero attached hydrogens (tertiary/aromatic N) is 1. The lowest BCUT2D eigenvalue weighted by Gasteiger charge is -2.26. The highest BCUT2D eigenvalue weighted by atomic mass is 16.2. The third-order valence-electron chi connectivity index (χ3n) is 4.19. The van der Waals surface area contributed by atoms with Gasteiger partial charge in [-0.1, -0.05) is 0 Å². The van der Waals surface area contributed by atoms with Crippen LogP contribution in [0.5, 0.6) is 0 Å². The summed E-state index contributed by atoms with van der Waals surface area (Å²) in [5, 5.41) is 2.76. The molecule has 0 bridgehead atoms. The Labute approximate surface area is 145 Å². The topological polar surface area (TPSA) is 92.5 Å². The number of nitrogens with one attached hydrogen (secondary N) is 1. The molecule has 0 spiro atoms. The predicted molar refractivity (Wildman–Crippen MR) is 95.6 cm³/mol. The predicted octanol–water partition coefficient (Wildman–Crippen LogP) is 2.55. The van der Waals surface area contributed by atoms with Crippen LogP contribution < -0.4 is 16.0 Å². The van der Waals surface area contributed by atoms with Gasteiger partial charge in [-0.3, -0.25) is 14.4 Å². The van der Waals surface area contributed by atoms with Gasteiger partial charge in [-0.2, -0.15) is 0 Å². The fourth-order valence-corrected chi connectivity index (χ4v) is 2.79. The van der Waals surface area contributed by atoms with Crippen molar-refractivity contribution >= 4 is 29.1 Å². The average Bonchev–Trinajstić information content (AvgIpc) is 2.63. The van der Waals surface area contributed by atoms with E-state index in [0.29, 0.717) is 23.2 Å². The van der Waals surface area contributed by atoms with Crippen molar-refractivity contribution in [2.75, 3.05) is 16.8 Å². The van der Waals surface area contributed by atoms with Gasteiger partial charge in [0, 0.05) is 35.5 Å². The van der Waals surface area contributed by atoms with Crippen LogP contribution in [0.4, 0.5) is 11.4 Å². The standard InChI is InChI=1S/C19H19N3O3/c20-18(24)13-4-8-15(9-5-13)21-19(25)14-6-10-16(11-7-14)22-12-2-1-3-17(22)23/h4-11H,1-3,12H2,(H2,20,24)(H,21,25). The Morgan fingerprint density at radius 2 is 1.56 bits per heavy atom. The van der Waals surface area contributed by atoms with Crippen molar-refractivity contribution in [3.63, 3.8) is 0 Å². The van der Waals surface area contributed by atoms with E-state index in [1.54, 1.807) is 53.4 Å². The van der Waals surface area contributed by atoms with Gasteiger partial charge < -0.3 is 16.0 Å². The Kier molecular flexibility index (Phi) is 4.79. The van der Waals surface area contributed by atoms with E-state index in [1.807, 2.05) is 0 Å². The Bertz CT molecular complexity index is 798. The molecular formula is C19H19N3O3. The van der Waals surface area contributed by atoms with Gasteiger partial charge in [0.15, 0.2) is 0 Å². The van der Waals surface area contributed by atoms with Crippen LogP contribution >= 0.6 is 0 Å². The molecule has 2 aromatic rings. The number of nitrogens with two attached hydrogens (primary N) is 1. The normalized spacial score (nSPS) is 14.2. The fourth-order valence-electron chi connectivity index (χ4n) is 2.79. The summed E-state index contributed by atoms with van der Waals surface area (Å²) in [6.45, 7) is 0.719. The third kappa shape index (κ3) is 3.85. The monoisotopic (exact) mass is 337 g/mol. The first-order chi connectivity index (χ1) is 12.0. The minimum absolute atomic E-state index is 0.123. The molecule has 0 radical (unpaired) electrons. The summed E-state index contributed by atoms with van der Waals surface area (Å²) in [6.07, 6.45) is 2.50. The molecule has 0 saturated carbocycles. The Balaban J connectivity index is 1.68. The highest BCUT2D eigenvalue weighted by Gasteiger charge is 2.19. The molecule has 3 rings (SSSR count). The molecule has 3 N–H and O–H groups in total. The lowest BCUT2D eigenvalue weighted by atomic mass is 10.1. The van der Waals surface area contributed by atoms with Crippen molar-refractivity contribution < 1.29 is 14.4 Å². The summed E-state index contributed by atoms with van der Waals surface area (Å²) in [4.78, 5) is 37.1. The number of rotatable bonds is 4. The van der Waals surface area contributed by atoms with E-state index >= 15 is 0 Å². The van der Waals surface area contributed by atoms with Gasteiger partial charge in [0.2, 0.25) is 11.8 Å². The van der Waals surface area contributed by atoms with Crippen molar-refractivity contribution in [3.05, 3.63) is 59.7 Å². The minimum Gasteiger partial charge on any atom is -0.366 e. The molecule has 2 aromatic carbocycles. The molecule has 3 amide bonds. The van der Waals surface area contributed by atoms with Crippen molar-refractivity contribution in [3.8, 4) is 0 Å². The number of anilines is 2. The van der Waals surface area contributed by atoms with E-state index in [2.05, 4.69) is 5.32 Å². The van der Waals surface area contributed by atoms with Crippen molar-refractivity contribution in [2.24, 2.45) is 5.73 Å². The zero-order valence-electron chi connectivity index (χ0n) is 13.7. The molecule has 1 saturated heterocycles. The number of primary amides is 1. The Morgan fingerprint density at radius 1 is 0.920 bits per heavy atom. The van der Waals surface area contributed by atoms with Crippen LogP contribution in [0.3, 0.4) is 0 Å². The molecular weight excluding hydrogens is 318 g/mol. The SMILES string of the molecule is NC(=O)c1ccc(NC(=O)c2ccc(N3CCCCC3=O)cc2)cc1. The first kappa shape index (κ1) is 16.7. The largest absolute Gasteiger partial charge is 0.366 e. The molecule has 0 aliphatic carbocycles. The van der Waals surface area contributed by atoms with Crippen molar-refractivity contribution in [1.82, 2.24) is 0 Å². The van der Waals surface area contributed by atoms with E-state index in [9.17, 15) is 14.4 Å². The number of carbonyl (C=O) groups is 3. The van der Waals surface area contributed by atoms with Crippen LogP contribution in [0.25, 0.3) is 0 Å². The average molecular weight is 337 g/mol. The maximum atomic E-state index is 12.3. The molecule has 1 fully saturated rings. The maximum Gasteiger partial charge on any atom is 0.255 e. The summed E-state index contributed by atoms with van der Waals surface area (Å²) in [5.74, 6) is -0.651. The van der Waals surface area contributed by atoms with E-state index in [0.717, 1.165) is 25.1 Å². The fraction of sp³-hybridized carbons (Fsp3) is 0.211. The van der Waals surface area contributed by atoms with E-state index < -0.39 is 5.91 Å². The number of amides is 3. The number of hydrogen-bond donors (Lipinski definition) is 2. The number of benzene rings is 2. The lowest BCUT2D eigenvalue weighted by molar-refractivity contribution is -0.119. The number of piperidine rings is 1. The van der Waals surface area contributed by atoms with Gasteiger partial charge >= 0.3 is 0 Å². The van der Waals surface area contributed by atoms with Crippen LogP contribution in [0.1, 0.15) is 40.0 Å². The Hall–Kier alpha value is -3.15.